The summed E-state index contributed by atoms with van der Waals surface area (Å²) in [5, 5.41) is 0. The van der Waals surface area contributed by atoms with E-state index in [0.29, 0.717) is 37.4 Å². The van der Waals surface area contributed by atoms with Crippen LogP contribution in [0.4, 0.5) is 0 Å². The number of para-hydroxylation sites is 1. The third-order valence-corrected chi connectivity index (χ3v) is 7.74. The van der Waals surface area contributed by atoms with Crippen LogP contribution in [0.2, 0.25) is 0 Å². The van der Waals surface area contributed by atoms with E-state index in [1.54, 1.807) is 0 Å². The van der Waals surface area contributed by atoms with Gasteiger partial charge in [-0.15, -0.1) is 0 Å². The predicted octanol–water partition coefficient (Wildman–Crippen LogP) is 6.74. The maximum atomic E-state index is 14.3. The molecule has 0 aromatic heterocycles. The molecule has 0 spiro atoms. The zero-order chi connectivity index (χ0) is 27.5. The first-order chi connectivity index (χ1) is 19.1. The van der Waals surface area contributed by atoms with E-state index in [4.69, 9.17) is 4.74 Å². The lowest BCUT2D eigenvalue weighted by Gasteiger charge is -2.35. The Morgan fingerprint density at radius 2 is 1.49 bits per heavy atom. The van der Waals surface area contributed by atoms with Crippen molar-refractivity contribution in [1.82, 2.24) is 9.80 Å². The van der Waals surface area contributed by atoms with Gasteiger partial charge in [0.1, 0.15) is 12.4 Å². The highest BCUT2D eigenvalue weighted by atomic mass is 16.5. The highest BCUT2D eigenvalue weighted by Crippen LogP contribution is 2.27. The summed E-state index contributed by atoms with van der Waals surface area (Å²) < 4.78 is 6.44. The molecule has 5 nitrogen and oxygen atoms in total. The number of hydrogen-bond acceptors (Lipinski definition) is 3. The second-order valence-corrected chi connectivity index (χ2v) is 10.4. The molecule has 0 bridgehead atoms. The molecule has 3 aromatic rings. The first-order valence-corrected chi connectivity index (χ1v) is 14.5. The van der Waals surface area contributed by atoms with Crippen LogP contribution in [0.3, 0.4) is 0 Å². The summed E-state index contributed by atoms with van der Waals surface area (Å²) in [6.45, 7) is 6.53. The van der Waals surface area contributed by atoms with Gasteiger partial charge in [0.2, 0.25) is 5.91 Å². The minimum absolute atomic E-state index is 0.00725. The van der Waals surface area contributed by atoms with Crippen molar-refractivity contribution in [3.8, 4) is 5.75 Å². The van der Waals surface area contributed by atoms with E-state index < -0.39 is 0 Å². The van der Waals surface area contributed by atoms with Crippen LogP contribution in [-0.2, 0) is 11.2 Å². The van der Waals surface area contributed by atoms with E-state index >= 15 is 0 Å². The molecule has 1 unspecified atom stereocenters. The standard InChI is InChI=1S/C34H42N2O3/c1-3-30(28-19-11-8-12-20-28)34(38)36-24-16-6-5-15-23-35(4-2)33(37)31-21-13-14-22-32(31)39-26-29(36)25-27-17-9-7-10-18-27/h7-14,17-22,29-30H,3-6,15-16,23-26H2,1-2H3/t29-,30?/m1/s1. The molecule has 1 aliphatic heterocycles. The van der Waals surface area contributed by atoms with Crippen LogP contribution >= 0.6 is 0 Å². The van der Waals surface area contributed by atoms with Crippen LogP contribution in [0.1, 0.15) is 73.4 Å². The van der Waals surface area contributed by atoms with Gasteiger partial charge < -0.3 is 14.5 Å². The zero-order valence-electron chi connectivity index (χ0n) is 23.4. The Hall–Kier alpha value is -3.60. The molecule has 206 valence electrons. The van der Waals surface area contributed by atoms with Crippen molar-refractivity contribution in [1.29, 1.82) is 0 Å². The topological polar surface area (TPSA) is 49.9 Å². The number of carbonyl (C=O) groups excluding carboxylic acids is 2. The molecule has 0 aliphatic carbocycles. The van der Waals surface area contributed by atoms with Gasteiger partial charge in [-0.1, -0.05) is 92.6 Å². The first kappa shape index (κ1) is 28.4. The highest BCUT2D eigenvalue weighted by molar-refractivity contribution is 5.97. The fraction of sp³-hybridized carbons (Fsp3) is 0.412. The summed E-state index contributed by atoms with van der Waals surface area (Å²) in [5.41, 5.74) is 2.81. The van der Waals surface area contributed by atoms with Crippen LogP contribution < -0.4 is 4.74 Å². The zero-order valence-corrected chi connectivity index (χ0v) is 23.4. The van der Waals surface area contributed by atoms with Gasteiger partial charge in [-0.25, -0.2) is 0 Å². The monoisotopic (exact) mass is 526 g/mol. The third-order valence-electron chi connectivity index (χ3n) is 7.74. The number of nitrogens with zero attached hydrogens (tertiary/aromatic N) is 2. The lowest BCUT2D eigenvalue weighted by Crippen LogP contribution is -2.47. The summed E-state index contributed by atoms with van der Waals surface area (Å²) in [5.74, 6) is 0.545. The maximum Gasteiger partial charge on any atom is 0.257 e. The molecule has 0 fully saturated rings. The minimum Gasteiger partial charge on any atom is -0.491 e. The summed E-state index contributed by atoms with van der Waals surface area (Å²) >= 11 is 0. The van der Waals surface area contributed by atoms with E-state index in [-0.39, 0.29) is 23.8 Å². The Labute approximate surface area is 233 Å². The van der Waals surface area contributed by atoms with Gasteiger partial charge in [0.15, 0.2) is 0 Å². The Morgan fingerprint density at radius 1 is 0.846 bits per heavy atom. The van der Waals surface area contributed by atoms with Gasteiger partial charge in [0, 0.05) is 19.6 Å². The summed E-state index contributed by atoms with van der Waals surface area (Å²) in [6, 6.07) is 27.8. The SMILES string of the molecule is CCC(C(=O)N1CCCCCCN(CC)C(=O)c2ccccc2OC[C@H]1Cc1ccccc1)c1ccccc1. The minimum atomic E-state index is -0.199. The van der Waals surface area contributed by atoms with Crippen molar-refractivity contribution < 1.29 is 14.3 Å². The number of rotatable bonds is 6. The molecule has 39 heavy (non-hydrogen) atoms. The normalized spacial score (nSPS) is 18.0. The van der Waals surface area contributed by atoms with Crippen molar-refractivity contribution in [3.63, 3.8) is 0 Å². The molecule has 0 saturated heterocycles. The second kappa shape index (κ2) is 14.5. The number of hydrogen-bond donors (Lipinski definition) is 0. The average Bonchev–Trinajstić information content (AvgIpc) is 2.98. The second-order valence-electron chi connectivity index (χ2n) is 10.4. The van der Waals surface area contributed by atoms with Gasteiger partial charge in [0.25, 0.3) is 5.91 Å². The average molecular weight is 527 g/mol. The molecule has 0 radical (unpaired) electrons. The van der Waals surface area contributed by atoms with E-state index in [0.717, 1.165) is 44.2 Å². The fourth-order valence-electron chi connectivity index (χ4n) is 5.52. The fourth-order valence-corrected chi connectivity index (χ4v) is 5.52. The molecule has 3 aromatic carbocycles. The molecule has 1 heterocycles. The Balaban J connectivity index is 1.69. The van der Waals surface area contributed by atoms with Gasteiger partial charge >= 0.3 is 0 Å². The van der Waals surface area contributed by atoms with E-state index in [2.05, 4.69) is 36.1 Å². The third kappa shape index (κ3) is 7.50. The Kier molecular flexibility index (Phi) is 10.6. The van der Waals surface area contributed by atoms with Crippen LogP contribution in [-0.4, -0.2) is 53.9 Å². The number of carbonyl (C=O) groups is 2. The van der Waals surface area contributed by atoms with Crippen LogP contribution in [0, 0.1) is 0 Å². The van der Waals surface area contributed by atoms with Crippen LogP contribution in [0.25, 0.3) is 0 Å². The molecule has 2 amide bonds. The Morgan fingerprint density at radius 3 is 2.18 bits per heavy atom. The summed E-state index contributed by atoms with van der Waals surface area (Å²) in [6.07, 6.45) is 5.36. The summed E-state index contributed by atoms with van der Waals surface area (Å²) in [7, 11) is 0. The molecule has 5 heteroatoms. The van der Waals surface area contributed by atoms with Crippen molar-refractivity contribution in [2.45, 2.75) is 64.3 Å². The van der Waals surface area contributed by atoms with Gasteiger partial charge in [-0.3, -0.25) is 9.59 Å². The predicted molar refractivity (Wildman–Crippen MR) is 157 cm³/mol. The Bertz CT molecular complexity index is 1180. The highest BCUT2D eigenvalue weighted by Gasteiger charge is 2.31. The van der Waals surface area contributed by atoms with Crippen LogP contribution in [0.15, 0.2) is 84.9 Å². The van der Waals surface area contributed by atoms with Crippen molar-refractivity contribution in [2.75, 3.05) is 26.2 Å². The lowest BCUT2D eigenvalue weighted by atomic mass is 9.93. The summed E-state index contributed by atoms with van der Waals surface area (Å²) in [4.78, 5) is 31.7. The van der Waals surface area contributed by atoms with Gasteiger partial charge in [0.05, 0.1) is 17.5 Å². The smallest absolute Gasteiger partial charge is 0.257 e. The molecule has 2 atom stereocenters. The van der Waals surface area contributed by atoms with Crippen molar-refractivity contribution >= 4 is 11.8 Å². The lowest BCUT2D eigenvalue weighted by molar-refractivity contribution is -0.136. The number of amides is 2. The largest absolute Gasteiger partial charge is 0.491 e. The van der Waals surface area contributed by atoms with Gasteiger partial charge in [-0.2, -0.15) is 0 Å². The molecule has 4 rings (SSSR count). The van der Waals surface area contributed by atoms with Crippen LogP contribution in [0.5, 0.6) is 5.75 Å². The number of ether oxygens (including phenoxy) is 1. The molecule has 0 saturated carbocycles. The molecular weight excluding hydrogens is 484 g/mol. The van der Waals surface area contributed by atoms with E-state index in [1.807, 2.05) is 72.5 Å². The molecule has 0 N–H and O–H groups in total. The maximum absolute atomic E-state index is 14.3. The van der Waals surface area contributed by atoms with E-state index in [9.17, 15) is 9.59 Å². The van der Waals surface area contributed by atoms with Crippen molar-refractivity contribution in [3.05, 3.63) is 102 Å². The quantitative estimate of drug-likeness (QED) is 0.358. The molecular formula is C34H42N2O3. The number of fused-ring (bicyclic) bond motifs is 1. The first-order valence-electron chi connectivity index (χ1n) is 14.5. The van der Waals surface area contributed by atoms with Gasteiger partial charge in [-0.05, 0) is 55.9 Å². The van der Waals surface area contributed by atoms with Crippen molar-refractivity contribution in [2.24, 2.45) is 0 Å². The van der Waals surface area contributed by atoms with E-state index in [1.165, 1.54) is 5.56 Å². The number of benzene rings is 3. The molecule has 1 aliphatic rings.